The van der Waals surface area contributed by atoms with Crippen molar-refractivity contribution >= 4 is 52.9 Å². The van der Waals surface area contributed by atoms with Crippen LogP contribution < -0.4 is 10.6 Å². The van der Waals surface area contributed by atoms with Gasteiger partial charge in [-0.25, -0.2) is 0 Å². The molecule has 0 saturated carbocycles. The van der Waals surface area contributed by atoms with Gasteiger partial charge in [-0.05, 0) is 32.9 Å². The van der Waals surface area contributed by atoms with E-state index in [2.05, 4.69) is 36.4 Å². The molecule has 0 radical (unpaired) electrons. The molecule has 0 aliphatic heterocycles. The standard InChI is InChI=1S/C11H18ClN3S.HI/c1-11(2,3)15-10(13-4)14-7-8-5-6-9(12)16-8;/h5-6H,7H2,1-4H3,(H2,13,14,15);1H. The molecule has 0 aromatic carbocycles. The van der Waals surface area contributed by atoms with Crippen LogP contribution in [0.1, 0.15) is 25.6 Å². The number of thiophene rings is 1. The average Bonchev–Trinajstić information content (AvgIpc) is 2.57. The maximum atomic E-state index is 5.86. The number of guanidine groups is 1. The van der Waals surface area contributed by atoms with Crippen LogP contribution in [0.5, 0.6) is 0 Å². The van der Waals surface area contributed by atoms with Crippen LogP contribution in [0.25, 0.3) is 0 Å². The lowest BCUT2D eigenvalue weighted by atomic mass is 10.1. The van der Waals surface area contributed by atoms with E-state index in [1.165, 1.54) is 4.88 Å². The third kappa shape index (κ3) is 7.10. The van der Waals surface area contributed by atoms with Gasteiger partial charge in [-0.1, -0.05) is 11.6 Å². The fourth-order valence-electron chi connectivity index (χ4n) is 1.15. The van der Waals surface area contributed by atoms with Gasteiger partial charge in [0.15, 0.2) is 5.96 Å². The topological polar surface area (TPSA) is 36.4 Å². The molecule has 0 saturated heterocycles. The molecule has 1 aromatic heterocycles. The van der Waals surface area contributed by atoms with Gasteiger partial charge in [-0.2, -0.15) is 0 Å². The molecule has 1 aromatic rings. The fourth-order valence-corrected chi connectivity index (χ4v) is 2.18. The zero-order chi connectivity index (χ0) is 12.2. The van der Waals surface area contributed by atoms with Crippen LogP contribution in [0, 0.1) is 0 Å². The van der Waals surface area contributed by atoms with E-state index in [9.17, 15) is 0 Å². The molecule has 6 heteroatoms. The van der Waals surface area contributed by atoms with Crippen LogP contribution in [-0.4, -0.2) is 18.5 Å². The van der Waals surface area contributed by atoms with E-state index in [1.54, 1.807) is 18.4 Å². The maximum Gasteiger partial charge on any atom is 0.191 e. The number of hydrogen-bond acceptors (Lipinski definition) is 2. The second-order valence-electron chi connectivity index (χ2n) is 4.51. The highest BCUT2D eigenvalue weighted by Crippen LogP contribution is 2.20. The van der Waals surface area contributed by atoms with Crippen molar-refractivity contribution in [1.29, 1.82) is 0 Å². The van der Waals surface area contributed by atoms with Gasteiger partial charge in [0.25, 0.3) is 0 Å². The summed E-state index contributed by atoms with van der Waals surface area (Å²) in [5.41, 5.74) is 0.00887. The summed E-state index contributed by atoms with van der Waals surface area (Å²) in [6, 6.07) is 3.92. The highest BCUT2D eigenvalue weighted by molar-refractivity contribution is 14.0. The molecule has 0 unspecified atom stereocenters. The molecule has 0 aliphatic rings. The molecule has 0 aliphatic carbocycles. The molecular weight excluding hydrogens is 369 g/mol. The lowest BCUT2D eigenvalue weighted by Crippen LogP contribution is -2.47. The normalized spacial score (nSPS) is 11.9. The number of halogens is 2. The Hall–Kier alpha value is -0.0100. The van der Waals surface area contributed by atoms with Gasteiger partial charge in [0.1, 0.15) is 0 Å². The first-order valence-electron chi connectivity index (χ1n) is 5.14. The van der Waals surface area contributed by atoms with Gasteiger partial charge in [0, 0.05) is 17.5 Å². The Labute approximate surface area is 129 Å². The van der Waals surface area contributed by atoms with Crippen molar-refractivity contribution in [2.75, 3.05) is 7.05 Å². The fraction of sp³-hybridized carbons (Fsp3) is 0.545. The molecule has 3 nitrogen and oxygen atoms in total. The molecule has 2 N–H and O–H groups in total. The zero-order valence-corrected chi connectivity index (χ0v) is 14.4. The lowest BCUT2D eigenvalue weighted by Gasteiger charge is -2.23. The van der Waals surface area contributed by atoms with Crippen molar-refractivity contribution in [2.24, 2.45) is 4.99 Å². The van der Waals surface area contributed by atoms with E-state index in [1.807, 2.05) is 12.1 Å². The number of rotatable bonds is 2. The van der Waals surface area contributed by atoms with Crippen LogP contribution in [0.15, 0.2) is 17.1 Å². The quantitative estimate of drug-likeness (QED) is 0.463. The minimum absolute atomic E-state index is 0. The van der Waals surface area contributed by atoms with Crippen LogP contribution in [0.4, 0.5) is 0 Å². The van der Waals surface area contributed by atoms with E-state index < -0.39 is 0 Å². The Balaban J connectivity index is 0.00000256. The summed E-state index contributed by atoms with van der Waals surface area (Å²) in [4.78, 5) is 5.36. The van der Waals surface area contributed by atoms with Crippen LogP contribution in [0.2, 0.25) is 4.34 Å². The first kappa shape index (κ1) is 17.0. The van der Waals surface area contributed by atoms with Crippen LogP contribution in [-0.2, 0) is 6.54 Å². The number of nitrogens with zero attached hydrogens (tertiary/aromatic N) is 1. The van der Waals surface area contributed by atoms with Crippen molar-refractivity contribution in [2.45, 2.75) is 32.9 Å². The van der Waals surface area contributed by atoms with Gasteiger partial charge in [-0.15, -0.1) is 35.3 Å². The van der Waals surface area contributed by atoms with E-state index in [4.69, 9.17) is 11.6 Å². The SMILES string of the molecule is CN=C(NCc1ccc(Cl)s1)NC(C)(C)C.I. The first-order valence-corrected chi connectivity index (χ1v) is 6.33. The number of hydrogen-bond donors (Lipinski definition) is 2. The van der Waals surface area contributed by atoms with Gasteiger partial charge < -0.3 is 10.6 Å². The highest BCUT2D eigenvalue weighted by Gasteiger charge is 2.11. The van der Waals surface area contributed by atoms with E-state index in [-0.39, 0.29) is 29.5 Å². The first-order chi connectivity index (χ1) is 7.40. The molecule has 0 fully saturated rings. The second-order valence-corrected chi connectivity index (χ2v) is 6.31. The van der Waals surface area contributed by atoms with E-state index in [0.717, 1.165) is 16.8 Å². The summed E-state index contributed by atoms with van der Waals surface area (Å²) in [7, 11) is 1.77. The molecule has 0 bridgehead atoms. The summed E-state index contributed by atoms with van der Waals surface area (Å²) in [5, 5.41) is 6.54. The van der Waals surface area contributed by atoms with Crippen molar-refractivity contribution in [3.8, 4) is 0 Å². The lowest BCUT2D eigenvalue weighted by molar-refractivity contribution is 0.501. The van der Waals surface area contributed by atoms with Gasteiger partial charge in [-0.3, -0.25) is 4.99 Å². The predicted octanol–water partition coefficient (Wildman–Crippen LogP) is 3.48. The monoisotopic (exact) mass is 387 g/mol. The van der Waals surface area contributed by atoms with Crippen molar-refractivity contribution in [3.05, 3.63) is 21.3 Å². The molecule has 98 valence electrons. The second kappa shape index (κ2) is 7.43. The van der Waals surface area contributed by atoms with Gasteiger partial charge in [0.2, 0.25) is 0 Å². The molecule has 17 heavy (non-hydrogen) atoms. The average molecular weight is 388 g/mol. The zero-order valence-electron chi connectivity index (χ0n) is 10.5. The van der Waals surface area contributed by atoms with E-state index in [0.29, 0.717) is 0 Å². The van der Waals surface area contributed by atoms with Gasteiger partial charge >= 0.3 is 0 Å². The van der Waals surface area contributed by atoms with Crippen molar-refractivity contribution in [3.63, 3.8) is 0 Å². The Morgan fingerprint density at radius 3 is 2.47 bits per heavy atom. The summed E-state index contributed by atoms with van der Waals surface area (Å²) in [6.07, 6.45) is 0. The minimum Gasteiger partial charge on any atom is -0.352 e. The predicted molar refractivity (Wildman–Crippen MR) is 87.8 cm³/mol. The smallest absolute Gasteiger partial charge is 0.191 e. The third-order valence-electron chi connectivity index (χ3n) is 1.78. The Morgan fingerprint density at radius 1 is 1.41 bits per heavy atom. The van der Waals surface area contributed by atoms with E-state index >= 15 is 0 Å². The Morgan fingerprint density at radius 2 is 2.06 bits per heavy atom. The maximum absolute atomic E-state index is 5.86. The molecule has 1 heterocycles. The molecule has 0 atom stereocenters. The molecular formula is C11H19ClIN3S. The number of nitrogens with one attached hydrogen (secondary N) is 2. The van der Waals surface area contributed by atoms with Crippen LogP contribution >= 0.6 is 46.9 Å². The summed E-state index contributed by atoms with van der Waals surface area (Å²) >= 11 is 7.44. The summed E-state index contributed by atoms with van der Waals surface area (Å²) < 4.78 is 0.815. The Bertz CT molecular complexity index is 371. The highest BCUT2D eigenvalue weighted by atomic mass is 127. The summed E-state index contributed by atoms with van der Waals surface area (Å²) in [6.45, 7) is 7.04. The van der Waals surface area contributed by atoms with Crippen molar-refractivity contribution < 1.29 is 0 Å². The largest absolute Gasteiger partial charge is 0.352 e. The molecule has 0 amide bonds. The van der Waals surface area contributed by atoms with Crippen molar-refractivity contribution in [1.82, 2.24) is 10.6 Å². The molecule has 0 spiro atoms. The van der Waals surface area contributed by atoms with Gasteiger partial charge in [0.05, 0.1) is 10.9 Å². The minimum atomic E-state index is 0. The molecule has 1 rings (SSSR count). The number of aliphatic imine (C=N–C) groups is 1. The van der Waals surface area contributed by atoms with Crippen LogP contribution in [0.3, 0.4) is 0 Å². The Kier molecular flexibility index (Phi) is 7.43. The third-order valence-corrected chi connectivity index (χ3v) is 3.01. The summed E-state index contributed by atoms with van der Waals surface area (Å²) in [5.74, 6) is 0.803.